The number of hydrogen-bond acceptors (Lipinski definition) is 4. The Bertz CT molecular complexity index is 846. The third-order valence-corrected chi connectivity index (χ3v) is 8.32. The third kappa shape index (κ3) is 3.14. The molecular formula is C19H24N2O5S. The molecule has 3 aliphatic rings. The molecule has 7 nitrogen and oxygen atoms in total. The first-order valence-corrected chi connectivity index (χ1v) is 10.9. The van der Waals surface area contributed by atoms with Crippen LogP contribution >= 0.6 is 0 Å². The van der Waals surface area contributed by atoms with E-state index in [1.807, 2.05) is 0 Å². The zero-order chi connectivity index (χ0) is 19.2. The summed E-state index contributed by atoms with van der Waals surface area (Å²) in [5.74, 6) is -1.17. The first-order valence-electron chi connectivity index (χ1n) is 9.44. The van der Waals surface area contributed by atoms with Crippen molar-refractivity contribution in [2.24, 2.45) is 11.3 Å². The van der Waals surface area contributed by atoms with Crippen LogP contribution in [0.4, 0.5) is 0 Å². The predicted octanol–water partition coefficient (Wildman–Crippen LogP) is 1.55. The highest BCUT2D eigenvalue weighted by Gasteiger charge is 2.59. The van der Waals surface area contributed by atoms with Gasteiger partial charge < -0.3 is 10.0 Å². The van der Waals surface area contributed by atoms with E-state index < -0.39 is 22.0 Å². The second-order valence-electron chi connectivity index (χ2n) is 7.87. The first kappa shape index (κ1) is 18.4. The maximum Gasteiger partial charge on any atom is 0.307 e. The SMILES string of the molecule is O=C(O)C1CC12CCN(C(=O)C1CCCN1S(=O)(=O)c1ccccc1)CC2. The van der Waals surface area contributed by atoms with Crippen LogP contribution in [0.1, 0.15) is 32.1 Å². The van der Waals surface area contributed by atoms with Crippen LogP contribution in [0.15, 0.2) is 35.2 Å². The van der Waals surface area contributed by atoms with Gasteiger partial charge in [-0.1, -0.05) is 18.2 Å². The van der Waals surface area contributed by atoms with E-state index >= 15 is 0 Å². The van der Waals surface area contributed by atoms with Crippen molar-refractivity contribution in [1.82, 2.24) is 9.21 Å². The van der Waals surface area contributed by atoms with Gasteiger partial charge in [-0.15, -0.1) is 0 Å². The molecule has 146 valence electrons. The summed E-state index contributed by atoms with van der Waals surface area (Å²) in [7, 11) is -3.69. The van der Waals surface area contributed by atoms with E-state index in [1.165, 1.54) is 4.31 Å². The number of carboxylic acid groups (broad SMARTS) is 1. The summed E-state index contributed by atoms with van der Waals surface area (Å²) in [4.78, 5) is 26.2. The molecule has 2 heterocycles. The van der Waals surface area contributed by atoms with Crippen molar-refractivity contribution in [2.75, 3.05) is 19.6 Å². The number of rotatable bonds is 4. The van der Waals surface area contributed by atoms with Crippen molar-refractivity contribution in [3.63, 3.8) is 0 Å². The van der Waals surface area contributed by atoms with E-state index in [1.54, 1.807) is 35.2 Å². The van der Waals surface area contributed by atoms with Gasteiger partial charge in [-0.25, -0.2) is 8.42 Å². The fraction of sp³-hybridized carbons (Fsp3) is 0.579. The highest BCUT2D eigenvalue weighted by Crippen LogP contribution is 2.59. The van der Waals surface area contributed by atoms with E-state index in [2.05, 4.69) is 0 Å². The van der Waals surface area contributed by atoms with Crippen molar-refractivity contribution >= 4 is 21.9 Å². The molecule has 1 saturated carbocycles. The van der Waals surface area contributed by atoms with Crippen molar-refractivity contribution in [1.29, 1.82) is 0 Å². The van der Waals surface area contributed by atoms with Crippen LogP contribution < -0.4 is 0 Å². The molecule has 2 unspecified atom stereocenters. The Morgan fingerprint density at radius 3 is 2.33 bits per heavy atom. The summed E-state index contributed by atoms with van der Waals surface area (Å²) in [6, 6.07) is 7.57. The van der Waals surface area contributed by atoms with Crippen LogP contribution in [0.2, 0.25) is 0 Å². The molecular weight excluding hydrogens is 368 g/mol. The fourth-order valence-corrected chi connectivity index (χ4v) is 6.31. The molecule has 0 radical (unpaired) electrons. The summed E-state index contributed by atoms with van der Waals surface area (Å²) in [5.41, 5.74) is -0.145. The number of carboxylic acids is 1. The van der Waals surface area contributed by atoms with Crippen molar-refractivity contribution in [2.45, 2.75) is 43.0 Å². The molecule has 2 atom stereocenters. The van der Waals surface area contributed by atoms with Crippen molar-refractivity contribution < 1.29 is 23.1 Å². The molecule has 0 aromatic heterocycles. The van der Waals surface area contributed by atoms with E-state index in [4.69, 9.17) is 0 Å². The second kappa shape index (κ2) is 6.60. The average molecular weight is 392 g/mol. The van der Waals surface area contributed by atoms with E-state index in [0.717, 1.165) is 0 Å². The number of aliphatic carboxylic acids is 1. The van der Waals surface area contributed by atoms with E-state index in [9.17, 15) is 23.1 Å². The van der Waals surface area contributed by atoms with Gasteiger partial charge in [-0.05, 0) is 49.7 Å². The minimum atomic E-state index is -3.69. The Morgan fingerprint density at radius 2 is 1.74 bits per heavy atom. The van der Waals surface area contributed by atoms with Crippen molar-refractivity contribution in [3.8, 4) is 0 Å². The molecule has 0 bridgehead atoms. The molecule has 1 N–H and O–H groups in total. The minimum absolute atomic E-state index is 0.144. The van der Waals surface area contributed by atoms with Gasteiger partial charge in [0.15, 0.2) is 0 Å². The van der Waals surface area contributed by atoms with E-state index in [-0.39, 0.29) is 22.1 Å². The molecule has 3 fully saturated rings. The monoisotopic (exact) mass is 392 g/mol. The Morgan fingerprint density at radius 1 is 1.07 bits per heavy atom. The Hall–Kier alpha value is -1.93. The molecule has 1 amide bonds. The molecule has 8 heteroatoms. The molecule has 4 rings (SSSR count). The Labute approximate surface area is 159 Å². The largest absolute Gasteiger partial charge is 0.481 e. The summed E-state index contributed by atoms with van der Waals surface area (Å²) in [6.45, 7) is 1.38. The summed E-state index contributed by atoms with van der Waals surface area (Å²) < 4.78 is 27.2. The number of benzene rings is 1. The number of likely N-dealkylation sites (tertiary alicyclic amines) is 1. The lowest BCUT2D eigenvalue weighted by Gasteiger charge is -2.35. The molecule has 27 heavy (non-hydrogen) atoms. The molecule has 1 aromatic carbocycles. The van der Waals surface area contributed by atoms with Gasteiger partial charge in [0.2, 0.25) is 15.9 Å². The topological polar surface area (TPSA) is 95.0 Å². The minimum Gasteiger partial charge on any atom is -0.481 e. The number of amides is 1. The summed E-state index contributed by atoms with van der Waals surface area (Å²) in [5, 5.41) is 9.20. The number of carbonyl (C=O) groups is 2. The molecule has 2 aliphatic heterocycles. The number of piperidine rings is 1. The van der Waals surface area contributed by atoms with Crippen LogP contribution in [0.3, 0.4) is 0 Å². The first-order chi connectivity index (χ1) is 12.8. The Balaban J connectivity index is 1.45. The van der Waals surface area contributed by atoms with Gasteiger partial charge in [0.25, 0.3) is 0 Å². The molecule has 1 aliphatic carbocycles. The predicted molar refractivity (Wildman–Crippen MR) is 97.3 cm³/mol. The lowest BCUT2D eigenvalue weighted by Crippen LogP contribution is -2.50. The van der Waals surface area contributed by atoms with Gasteiger partial charge in [0.1, 0.15) is 6.04 Å². The quantitative estimate of drug-likeness (QED) is 0.839. The summed E-state index contributed by atoms with van der Waals surface area (Å²) >= 11 is 0. The van der Waals surface area contributed by atoms with Gasteiger partial charge in [0, 0.05) is 19.6 Å². The maximum absolute atomic E-state index is 13.0. The highest BCUT2D eigenvalue weighted by atomic mass is 32.2. The summed E-state index contributed by atoms with van der Waals surface area (Å²) in [6.07, 6.45) is 3.27. The van der Waals surface area contributed by atoms with Gasteiger partial charge in [-0.2, -0.15) is 4.31 Å². The number of hydrogen-bond donors (Lipinski definition) is 1. The van der Waals surface area contributed by atoms with Gasteiger partial charge >= 0.3 is 5.97 Å². The van der Waals surface area contributed by atoms with E-state index in [0.29, 0.717) is 51.7 Å². The zero-order valence-electron chi connectivity index (χ0n) is 15.1. The van der Waals surface area contributed by atoms with Gasteiger partial charge in [0.05, 0.1) is 10.8 Å². The molecule has 1 aromatic rings. The smallest absolute Gasteiger partial charge is 0.307 e. The number of sulfonamides is 1. The number of carbonyl (C=O) groups excluding carboxylic acids is 1. The zero-order valence-corrected chi connectivity index (χ0v) is 15.9. The van der Waals surface area contributed by atoms with Crippen LogP contribution in [0.5, 0.6) is 0 Å². The lowest BCUT2D eigenvalue weighted by atomic mass is 9.90. The Kier molecular flexibility index (Phi) is 4.50. The fourth-order valence-electron chi connectivity index (χ4n) is 4.64. The lowest BCUT2D eigenvalue weighted by molar-refractivity contribution is -0.140. The highest BCUT2D eigenvalue weighted by molar-refractivity contribution is 7.89. The van der Waals surface area contributed by atoms with Crippen LogP contribution in [0, 0.1) is 11.3 Å². The van der Waals surface area contributed by atoms with Crippen LogP contribution in [0.25, 0.3) is 0 Å². The normalized spacial score (nSPS) is 27.6. The second-order valence-corrected chi connectivity index (χ2v) is 9.76. The number of nitrogens with zero attached hydrogens (tertiary/aromatic N) is 2. The van der Waals surface area contributed by atoms with Gasteiger partial charge in [-0.3, -0.25) is 9.59 Å². The average Bonchev–Trinajstić information content (AvgIpc) is 3.14. The molecule has 1 spiro atoms. The van der Waals surface area contributed by atoms with Crippen LogP contribution in [-0.2, 0) is 19.6 Å². The third-order valence-electron chi connectivity index (χ3n) is 6.40. The van der Waals surface area contributed by atoms with Crippen LogP contribution in [-0.4, -0.2) is 60.3 Å². The maximum atomic E-state index is 13.0. The standard InChI is InChI=1S/C19H24N2O5S/c22-17(20-11-8-19(9-12-20)13-15(19)18(23)24)16-7-4-10-21(16)27(25,26)14-5-2-1-3-6-14/h1-3,5-6,15-16H,4,7-13H2,(H,23,24). The van der Waals surface area contributed by atoms with Crippen molar-refractivity contribution in [3.05, 3.63) is 30.3 Å². The molecule has 2 saturated heterocycles.